The molecule has 7 nitrogen and oxygen atoms in total. The fraction of sp³-hybridized carbons (Fsp3) is 0.591. The molecule has 0 saturated heterocycles. The van der Waals surface area contributed by atoms with Crippen molar-refractivity contribution in [2.75, 3.05) is 18.9 Å². The van der Waals surface area contributed by atoms with Gasteiger partial charge in [0.05, 0.1) is 23.9 Å². The maximum absolute atomic E-state index is 12.8. The molecule has 1 amide bonds. The molecule has 0 radical (unpaired) electrons. The molecule has 0 atom stereocenters. The number of hydrogen-bond donors (Lipinski definition) is 1. The predicted molar refractivity (Wildman–Crippen MR) is 119 cm³/mol. The number of fused-ring (bicyclic) bond motifs is 1. The summed E-state index contributed by atoms with van der Waals surface area (Å²) in [5.74, 6) is -0.469. The quantitative estimate of drug-likeness (QED) is 0.677. The SMILES string of the molecule is Cc1nn(C)c(C)c1CN(C)CC(=O)Nc1sc2c(c1C(=O)OC(C)C)CCCC2. The Balaban J connectivity index is 1.73. The van der Waals surface area contributed by atoms with Crippen molar-refractivity contribution >= 4 is 28.2 Å². The van der Waals surface area contributed by atoms with Crippen molar-refractivity contribution in [3.8, 4) is 0 Å². The van der Waals surface area contributed by atoms with Crippen molar-refractivity contribution < 1.29 is 14.3 Å². The van der Waals surface area contributed by atoms with Gasteiger partial charge in [-0.2, -0.15) is 5.10 Å². The highest BCUT2D eigenvalue weighted by molar-refractivity contribution is 7.17. The number of hydrogen-bond acceptors (Lipinski definition) is 6. The number of aryl methyl sites for hydroxylation is 3. The number of amides is 1. The van der Waals surface area contributed by atoms with Gasteiger partial charge in [-0.25, -0.2) is 4.79 Å². The number of likely N-dealkylation sites (N-methyl/N-ethyl adjacent to an activating group) is 1. The second-order valence-corrected chi connectivity index (χ2v) is 9.47. The Hall–Kier alpha value is -2.19. The van der Waals surface area contributed by atoms with E-state index in [0.717, 1.165) is 48.2 Å². The van der Waals surface area contributed by atoms with E-state index in [1.54, 1.807) is 0 Å². The van der Waals surface area contributed by atoms with E-state index in [4.69, 9.17) is 4.74 Å². The Morgan fingerprint density at radius 1 is 1.27 bits per heavy atom. The molecule has 0 aromatic carbocycles. The van der Waals surface area contributed by atoms with Gasteiger partial charge in [-0.3, -0.25) is 14.4 Å². The van der Waals surface area contributed by atoms with Crippen LogP contribution in [0.4, 0.5) is 5.00 Å². The van der Waals surface area contributed by atoms with Crippen molar-refractivity contribution in [3.63, 3.8) is 0 Å². The highest BCUT2D eigenvalue weighted by atomic mass is 32.1. The van der Waals surface area contributed by atoms with Gasteiger partial charge >= 0.3 is 5.97 Å². The minimum absolute atomic E-state index is 0.131. The highest BCUT2D eigenvalue weighted by Gasteiger charge is 2.28. The van der Waals surface area contributed by atoms with Gasteiger partial charge in [0.1, 0.15) is 5.00 Å². The van der Waals surface area contributed by atoms with Gasteiger partial charge in [-0.1, -0.05) is 0 Å². The normalized spacial score (nSPS) is 13.6. The van der Waals surface area contributed by atoms with Crippen LogP contribution in [0.25, 0.3) is 0 Å². The minimum Gasteiger partial charge on any atom is -0.459 e. The van der Waals surface area contributed by atoms with Gasteiger partial charge in [0.2, 0.25) is 5.91 Å². The van der Waals surface area contributed by atoms with E-state index in [1.807, 2.05) is 51.4 Å². The first-order chi connectivity index (χ1) is 14.2. The van der Waals surface area contributed by atoms with Crippen LogP contribution in [0.3, 0.4) is 0 Å². The summed E-state index contributed by atoms with van der Waals surface area (Å²) < 4.78 is 7.33. The van der Waals surface area contributed by atoms with Gasteiger partial charge < -0.3 is 10.1 Å². The molecule has 0 spiro atoms. The van der Waals surface area contributed by atoms with Crippen LogP contribution in [0.1, 0.15) is 64.4 Å². The molecule has 2 aromatic heterocycles. The maximum atomic E-state index is 12.8. The third kappa shape index (κ3) is 4.92. The standard InChI is InChI=1S/C22H32N4O3S/c1-13(2)29-22(28)20-16-9-7-8-10-18(16)30-21(20)23-19(27)12-25(5)11-17-14(3)24-26(6)15(17)4/h13H,7-12H2,1-6H3,(H,23,27). The first-order valence-corrected chi connectivity index (χ1v) is 11.3. The summed E-state index contributed by atoms with van der Waals surface area (Å²) in [6.45, 7) is 8.57. The van der Waals surface area contributed by atoms with Crippen molar-refractivity contribution in [1.29, 1.82) is 0 Å². The van der Waals surface area contributed by atoms with Crippen molar-refractivity contribution in [3.05, 3.63) is 33.0 Å². The fourth-order valence-electron chi connectivity index (χ4n) is 3.93. The molecule has 0 aliphatic heterocycles. The van der Waals surface area contributed by atoms with Crippen LogP contribution in [0.5, 0.6) is 0 Å². The van der Waals surface area contributed by atoms with E-state index in [2.05, 4.69) is 10.4 Å². The third-order valence-corrected chi connectivity index (χ3v) is 6.68. The van der Waals surface area contributed by atoms with E-state index in [-0.39, 0.29) is 24.5 Å². The lowest BCUT2D eigenvalue weighted by Crippen LogP contribution is -2.30. The van der Waals surface area contributed by atoms with E-state index in [0.29, 0.717) is 17.1 Å². The Bertz CT molecular complexity index is 945. The van der Waals surface area contributed by atoms with Crippen molar-refractivity contribution in [1.82, 2.24) is 14.7 Å². The van der Waals surface area contributed by atoms with Gasteiger partial charge in [0.15, 0.2) is 0 Å². The lowest BCUT2D eigenvalue weighted by molar-refractivity contribution is -0.117. The number of rotatable bonds is 7. The molecule has 0 unspecified atom stereocenters. The number of carbonyl (C=O) groups is 2. The molecule has 2 heterocycles. The van der Waals surface area contributed by atoms with Crippen molar-refractivity contribution in [2.45, 2.75) is 66.0 Å². The summed E-state index contributed by atoms with van der Waals surface area (Å²) in [6.07, 6.45) is 3.80. The molecule has 1 N–H and O–H groups in total. The van der Waals surface area contributed by atoms with Crippen LogP contribution in [-0.2, 0) is 36.0 Å². The molecule has 1 aliphatic rings. The van der Waals surface area contributed by atoms with Gasteiger partial charge in [0.25, 0.3) is 0 Å². The number of nitrogens with one attached hydrogen (secondary N) is 1. The topological polar surface area (TPSA) is 76.5 Å². The van der Waals surface area contributed by atoms with Crippen LogP contribution < -0.4 is 5.32 Å². The van der Waals surface area contributed by atoms with E-state index in [1.165, 1.54) is 16.2 Å². The predicted octanol–water partition coefficient (Wildman–Crippen LogP) is 3.61. The monoisotopic (exact) mass is 432 g/mol. The molecule has 30 heavy (non-hydrogen) atoms. The summed E-state index contributed by atoms with van der Waals surface area (Å²) in [5.41, 5.74) is 4.83. The Morgan fingerprint density at radius 2 is 1.97 bits per heavy atom. The summed E-state index contributed by atoms with van der Waals surface area (Å²) in [7, 11) is 3.84. The van der Waals surface area contributed by atoms with Crippen LogP contribution in [0.15, 0.2) is 0 Å². The van der Waals surface area contributed by atoms with Crippen LogP contribution >= 0.6 is 11.3 Å². The fourth-order valence-corrected chi connectivity index (χ4v) is 5.22. The molecular weight excluding hydrogens is 400 g/mol. The van der Waals surface area contributed by atoms with Crippen molar-refractivity contribution in [2.24, 2.45) is 7.05 Å². The van der Waals surface area contributed by atoms with E-state index in [9.17, 15) is 9.59 Å². The second kappa shape index (κ2) is 9.31. The zero-order valence-electron chi connectivity index (χ0n) is 18.8. The second-order valence-electron chi connectivity index (χ2n) is 8.36. The Labute approximate surface area is 182 Å². The summed E-state index contributed by atoms with van der Waals surface area (Å²) >= 11 is 1.52. The van der Waals surface area contributed by atoms with Crippen LogP contribution in [0, 0.1) is 13.8 Å². The molecular formula is C22H32N4O3S. The highest BCUT2D eigenvalue weighted by Crippen LogP contribution is 2.38. The van der Waals surface area contributed by atoms with Gasteiger partial charge in [-0.15, -0.1) is 11.3 Å². The molecule has 1 aliphatic carbocycles. The molecule has 0 fully saturated rings. The van der Waals surface area contributed by atoms with E-state index < -0.39 is 0 Å². The summed E-state index contributed by atoms with van der Waals surface area (Å²) in [5, 5.41) is 8.06. The first-order valence-electron chi connectivity index (χ1n) is 10.5. The first kappa shape index (κ1) is 22.5. The third-order valence-electron chi connectivity index (χ3n) is 5.47. The van der Waals surface area contributed by atoms with Gasteiger partial charge in [0, 0.05) is 29.7 Å². The number of anilines is 1. The number of esters is 1. The molecule has 8 heteroatoms. The molecule has 164 valence electrons. The summed E-state index contributed by atoms with van der Waals surface area (Å²) in [4.78, 5) is 28.7. The lowest BCUT2D eigenvalue weighted by atomic mass is 9.95. The number of ether oxygens (including phenoxy) is 1. The van der Waals surface area contributed by atoms with E-state index >= 15 is 0 Å². The number of thiophene rings is 1. The summed E-state index contributed by atoms with van der Waals surface area (Å²) in [6, 6.07) is 0. The average molecular weight is 433 g/mol. The Kier molecular flexibility index (Phi) is 6.98. The Morgan fingerprint density at radius 3 is 2.60 bits per heavy atom. The number of nitrogens with zero attached hydrogens (tertiary/aromatic N) is 3. The molecule has 0 bridgehead atoms. The van der Waals surface area contributed by atoms with Crippen LogP contribution in [-0.4, -0.2) is 46.3 Å². The molecule has 2 aromatic rings. The molecule has 3 rings (SSSR count). The zero-order chi connectivity index (χ0) is 22.0. The lowest BCUT2D eigenvalue weighted by Gasteiger charge is -2.17. The largest absolute Gasteiger partial charge is 0.459 e. The molecule has 0 saturated carbocycles. The maximum Gasteiger partial charge on any atom is 0.341 e. The number of carbonyl (C=O) groups excluding carboxylic acids is 2. The average Bonchev–Trinajstić information content (AvgIpc) is 3.12. The van der Waals surface area contributed by atoms with Crippen LogP contribution in [0.2, 0.25) is 0 Å². The number of aromatic nitrogens is 2. The minimum atomic E-state index is -0.338. The van der Waals surface area contributed by atoms with Gasteiger partial charge in [-0.05, 0) is 66.0 Å². The smallest absolute Gasteiger partial charge is 0.341 e. The zero-order valence-corrected chi connectivity index (χ0v) is 19.6.